The fourth-order valence-corrected chi connectivity index (χ4v) is 1.79. The van der Waals surface area contributed by atoms with Gasteiger partial charge in [0.25, 0.3) is 0 Å². The van der Waals surface area contributed by atoms with Gasteiger partial charge in [-0.3, -0.25) is 4.98 Å². The molecule has 1 aromatic rings. The van der Waals surface area contributed by atoms with Crippen LogP contribution in [0, 0.1) is 0 Å². The molecule has 72 valence electrons. The first-order chi connectivity index (χ1) is 6.57. The summed E-state index contributed by atoms with van der Waals surface area (Å²) in [5.74, 6) is 0. The Morgan fingerprint density at radius 3 is 2.93 bits per heavy atom. The highest BCUT2D eigenvalue weighted by Crippen LogP contribution is 2.09. The van der Waals surface area contributed by atoms with Gasteiger partial charge < -0.3 is 5.73 Å². The van der Waals surface area contributed by atoms with Gasteiger partial charge in [0.1, 0.15) is 0 Å². The second-order valence-corrected chi connectivity index (χ2v) is 4.02. The van der Waals surface area contributed by atoms with E-state index in [0.29, 0.717) is 0 Å². The molecule has 0 aromatic carbocycles. The lowest BCUT2D eigenvalue weighted by atomic mass is 10.0. The summed E-state index contributed by atoms with van der Waals surface area (Å²) in [6.07, 6.45) is 7.95. The highest BCUT2D eigenvalue weighted by atomic mass is 14.7. The Balaban J connectivity index is 2.80. The molecule has 0 aliphatic heterocycles. The third-order valence-electron chi connectivity index (χ3n) is 2.24. The van der Waals surface area contributed by atoms with Crippen LogP contribution in [0.3, 0.4) is 0 Å². The van der Waals surface area contributed by atoms with Crippen molar-refractivity contribution in [1.82, 2.24) is 4.98 Å². The molecular weight excluding hydrogens is 172 g/mol. The summed E-state index contributed by atoms with van der Waals surface area (Å²) in [5.41, 5.74) is 6.87. The van der Waals surface area contributed by atoms with Crippen LogP contribution in [0.4, 0.5) is 0 Å². The van der Waals surface area contributed by atoms with Gasteiger partial charge in [0.05, 0.1) is 10.9 Å². The highest BCUT2D eigenvalue weighted by Gasteiger charge is 2.12. The van der Waals surface area contributed by atoms with Gasteiger partial charge in [0, 0.05) is 11.4 Å². The zero-order valence-electron chi connectivity index (χ0n) is 8.49. The lowest BCUT2D eigenvalue weighted by Crippen LogP contribution is -2.36. The SMILES string of the molecule is CC1=CC(C)(N)C=c2ncccc2=C1. The van der Waals surface area contributed by atoms with Crippen molar-refractivity contribution in [3.63, 3.8) is 0 Å². The van der Waals surface area contributed by atoms with Crippen molar-refractivity contribution in [3.05, 3.63) is 40.5 Å². The molecule has 2 nitrogen and oxygen atoms in total. The van der Waals surface area contributed by atoms with E-state index in [1.165, 1.54) is 5.57 Å². The first-order valence-corrected chi connectivity index (χ1v) is 4.71. The molecule has 1 aromatic heterocycles. The minimum absolute atomic E-state index is 0.403. The lowest BCUT2D eigenvalue weighted by Gasteiger charge is -2.14. The maximum Gasteiger partial charge on any atom is 0.0683 e. The largest absolute Gasteiger partial charge is 0.319 e. The van der Waals surface area contributed by atoms with E-state index in [2.05, 4.69) is 30.1 Å². The van der Waals surface area contributed by atoms with Crippen LogP contribution in [0.1, 0.15) is 13.8 Å². The summed E-state index contributed by atoms with van der Waals surface area (Å²) in [6, 6.07) is 3.99. The van der Waals surface area contributed by atoms with Crippen molar-refractivity contribution >= 4 is 12.2 Å². The number of aromatic nitrogens is 1. The Morgan fingerprint density at radius 2 is 2.14 bits per heavy atom. The Kier molecular flexibility index (Phi) is 2.01. The Hall–Kier alpha value is -1.41. The third-order valence-corrected chi connectivity index (χ3v) is 2.24. The second kappa shape index (κ2) is 3.07. The summed E-state index contributed by atoms with van der Waals surface area (Å²) in [7, 11) is 0. The van der Waals surface area contributed by atoms with Crippen molar-refractivity contribution in [2.75, 3.05) is 0 Å². The molecule has 0 saturated heterocycles. The lowest BCUT2D eigenvalue weighted by molar-refractivity contribution is 0.771. The molecule has 1 unspecified atom stereocenters. The maximum absolute atomic E-state index is 6.09. The number of nitrogens with two attached hydrogens (primary N) is 1. The van der Waals surface area contributed by atoms with E-state index in [4.69, 9.17) is 5.73 Å². The van der Waals surface area contributed by atoms with E-state index in [-0.39, 0.29) is 0 Å². The zero-order valence-corrected chi connectivity index (χ0v) is 8.49. The number of pyridine rings is 1. The van der Waals surface area contributed by atoms with Gasteiger partial charge in [-0.15, -0.1) is 0 Å². The number of fused-ring (bicyclic) bond motifs is 1. The minimum Gasteiger partial charge on any atom is -0.319 e. The molecule has 0 spiro atoms. The van der Waals surface area contributed by atoms with Crippen LogP contribution in [0.15, 0.2) is 30.0 Å². The first kappa shape index (κ1) is 9.16. The summed E-state index contributed by atoms with van der Waals surface area (Å²) < 4.78 is 0. The van der Waals surface area contributed by atoms with Gasteiger partial charge in [-0.2, -0.15) is 0 Å². The summed E-state index contributed by atoms with van der Waals surface area (Å²) in [4.78, 5) is 4.31. The molecule has 14 heavy (non-hydrogen) atoms. The van der Waals surface area contributed by atoms with Crippen LogP contribution in [-0.4, -0.2) is 10.5 Å². The van der Waals surface area contributed by atoms with Gasteiger partial charge in [-0.05, 0) is 26.0 Å². The van der Waals surface area contributed by atoms with E-state index >= 15 is 0 Å². The molecule has 0 radical (unpaired) electrons. The molecule has 2 rings (SSSR count). The molecular formula is C12H14N2. The van der Waals surface area contributed by atoms with E-state index in [1.54, 1.807) is 6.20 Å². The van der Waals surface area contributed by atoms with Crippen molar-refractivity contribution in [2.24, 2.45) is 5.73 Å². The fraction of sp³-hybridized carbons (Fsp3) is 0.250. The Bertz CT molecular complexity index is 495. The van der Waals surface area contributed by atoms with Crippen LogP contribution in [-0.2, 0) is 0 Å². The molecule has 1 aliphatic rings. The van der Waals surface area contributed by atoms with Crippen LogP contribution in [0.25, 0.3) is 12.2 Å². The summed E-state index contributed by atoms with van der Waals surface area (Å²) >= 11 is 0. The number of rotatable bonds is 0. The van der Waals surface area contributed by atoms with Crippen molar-refractivity contribution in [2.45, 2.75) is 19.4 Å². The van der Waals surface area contributed by atoms with E-state index in [1.807, 2.05) is 19.1 Å². The standard InChI is InChI=1S/C12H14N2/c1-9-6-10-4-3-5-14-11(10)8-12(2,13)7-9/h3-8H,13H2,1-2H3. The minimum atomic E-state index is -0.403. The highest BCUT2D eigenvalue weighted by molar-refractivity contribution is 5.54. The molecule has 1 aliphatic carbocycles. The summed E-state index contributed by atoms with van der Waals surface area (Å²) in [5, 5.41) is 2.10. The molecule has 2 N–H and O–H groups in total. The normalized spacial score (nSPS) is 25.2. The van der Waals surface area contributed by atoms with Gasteiger partial charge in [0.15, 0.2) is 0 Å². The number of nitrogens with zero attached hydrogens (tertiary/aromatic N) is 1. The molecule has 0 fully saturated rings. The van der Waals surface area contributed by atoms with Crippen molar-refractivity contribution in [1.29, 1.82) is 0 Å². The van der Waals surface area contributed by atoms with Crippen LogP contribution in [0.2, 0.25) is 0 Å². The molecule has 0 bridgehead atoms. The van der Waals surface area contributed by atoms with Crippen LogP contribution in [0.5, 0.6) is 0 Å². The number of hydrogen-bond donors (Lipinski definition) is 1. The fourth-order valence-electron chi connectivity index (χ4n) is 1.79. The van der Waals surface area contributed by atoms with E-state index in [9.17, 15) is 0 Å². The van der Waals surface area contributed by atoms with Crippen LogP contribution < -0.4 is 16.3 Å². The molecule has 0 saturated carbocycles. The van der Waals surface area contributed by atoms with Gasteiger partial charge in [-0.1, -0.05) is 23.8 Å². The molecule has 2 heteroatoms. The number of hydrogen-bond acceptors (Lipinski definition) is 2. The van der Waals surface area contributed by atoms with Gasteiger partial charge in [-0.25, -0.2) is 0 Å². The third kappa shape index (κ3) is 1.75. The summed E-state index contributed by atoms with van der Waals surface area (Å²) in [6.45, 7) is 4.04. The monoisotopic (exact) mass is 186 g/mol. The average molecular weight is 186 g/mol. The predicted molar refractivity (Wildman–Crippen MR) is 58.8 cm³/mol. The Labute approximate surface area is 83.5 Å². The topological polar surface area (TPSA) is 38.9 Å². The van der Waals surface area contributed by atoms with Crippen molar-refractivity contribution in [3.8, 4) is 0 Å². The Morgan fingerprint density at radius 1 is 1.36 bits per heavy atom. The maximum atomic E-state index is 6.09. The predicted octanol–water partition coefficient (Wildman–Crippen LogP) is 0.320. The van der Waals surface area contributed by atoms with Gasteiger partial charge >= 0.3 is 0 Å². The van der Waals surface area contributed by atoms with E-state index < -0.39 is 5.54 Å². The zero-order chi connectivity index (χ0) is 10.2. The quantitative estimate of drug-likeness (QED) is 0.633. The smallest absolute Gasteiger partial charge is 0.0683 e. The first-order valence-electron chi connectivity index (χ1n) is 4.71. The van der Waals surface area contributed by atoms with Gasteiger partial charge in [0.2, 0.25) is 0 Å². The molecule has 1 heterocycles. The second-order valence-electron chi connectivity index (χ2n) is 4.02. The molecule has 0 amide bonds. The number of allylic oxidation sites excluding steroid dienone is 1. The molecule has 1 atom stereocenters. The average Bonchev–Trinajstić information content (AvgIpc) is 2.16. The van der Waals surface area contributed by atoms with Crippen LogP contribution >= 0.6 is 0 Å². The van der Waals surface area contributed by atoms with E-state index in [0.717, 1.165) is 10.6 Å². The van der Waals surface area contributed by atoms with Crippen molar-refractivity contribution < 1.29 is 0 Å².